The van der Waals surface area contributed by atoms with E-state index >= 15 is 0 Å². The first-order valence-electron chi connectivity index (χ1n) is 7.54. The number of benzene rings is 1. The second-order valence-corrected chi connectivity index (χ2v) is 6.44. The Labute approximate surface area is 144 Å². The number of nitrogens with one attached hydrogen (secondary N) is 2. The van der Waals surface area contributed by atoms with E-state index in [1.807, 2.05) is 26.0 Å². The molecular weight excluding hydrogens is 328 g/mol. The lowest BCUT2D eigenvalue weighted by molar-refractivity contribution is -0.120. The van der Waals surface area contributed by atoms with Gasteiger partial charge in [0.2, 0.25) is 11.8 Å². The summed E-state index contributed by atoms with van der Waals surface area (Å²) >= 11 is 1.43. The molecule has 7 nitrogen and oxygen atoms in total. The van der Waals surface area contributed by atoms with E-state index < -0.39 is 0 Å². The third-order valence-electron chi connectivity index (χ3n) is 2.91. The molecule has 128 valence electrons. The molecule has 2 rings (SSSR count). The SMILES string of the molecule is Cc1noc(CSc2ccccc2C(=O)NCC(=O)NC(C)C)n1. The van der Waals surface area contributed by atoms with Gasteiger partial charge < -0.3 is 15.2 Å². The first-order chi connectivity index (χ1) is 11.5. The van der Waals surface area contributed by atoms with Crippen molar-refractivity contribution in [2.45, 2.75) is 37.5 Å². The van der Waals surface area contributed by atoms with E-state index in [0.717, 1.165) is 4.90 Å². The zero-order valence-corrected chi connectivity index (χ0v) is 14.6. The van der Waals surface area contributed by atoms with Crippen LogP contribution in [0, 0.1) is 6.92 Å². The van der Waals surface area contributed by atoms with Gasteiger partial charge in [-0.25, -0.2) is 0 Å². The lowest BCUT2D eigenvalue weighted by atomic mass is 10.2. The van der Waals surface area contributed by atoms with E-state index in [4.69, 9.17) is 4.52 Å². The Balaban J connectivity index is 1.97. The zero-order valence-electron chi connectivity index (χ0n) is 13.8. The summed E-state index contributed by atoms with van der Waals surface area (Å²) in [6, 6.07) is 7.23. The summed E-state index contributed by atoms with van der Waals surface area (Å²) in [6.07, 6.45) is 0. The number of carbonyl (C=O) groups excluding carboxylic acids is 2. The van der Waals surface area contributed by atoms with Gasteiger partial charge in [-0.05, 0) is 32.9 Å². The van der Waals surface area contributed by atoms with Crippen LogP contribution in [-0.4, -0.2) is 34.5 Å². The molecule has 0 spiro atoms. The maximum Gasteiger partial charge on any atom is 0.252 e. The molecule has 0 atom stereocenters. The Hall–Kier alpha value is -2.35. The van der Waals surface area contributed by atoms with Gasteiger partial charge in [0, 0.05) is 10.9 Å². The lowest BCUT2D eigenvalue weighted by Gasteiger charge is -2.11. The van der Waals surface area contributed by atoms with Gasteiger partial charge in [-0.1, -0.05) is 17.3 Å². The summed E-state index contributed by atoms with van der Waals surface area (Å²) in [5.74, 6) is 1.04. The molecule has 0 unspecified atom stereocenters. The molecule has 0 radical (unpaired) electrons. The Bertz CT molecular complexity index is 715. The molecule has 24 heavy (non-hydrogen) atoms. The molecule has 1 aromatic heterocycles. The normalized spacial score (nSPS) is 10.7. The van der Waals surface area contributed by atoms with Crippen LogP contribution in [-0.2, 0) is 10.5 Å². The minimum atomic E-state index is -0.293. The van der Waals surface area contributed by atoms with Crippen LogP contribution >= 0.6 is 11.8 Å². The van der Waals surface area contributed by atoms with Crippen molar-refractivity contribution in [3.8, 4) is 0 Å². The molecule has 0 aliphatic heterocycles. The highest BCUT2D eigenvalue weighted by molar-refractivity contribution is 7.98. The van der Waals surface area contributed by atoms with E-state index in [9.17, 15) is 9.59 Å². The Morgan fingerprint density at radius 1 is 1.29 bits per heavy atom. The number of rotatable bonds is 7. The molecule has 0 fully saturated rings. The molecule has 0 aliphatic carbocycles. The fourth-order valence-corrected chi connectivity index (χ4v) is 2.83. The van der Waals surface area contributed by atoms with Crippen LogP contribution in [0.15, 0.2) is 33.7 Å². The third kappa shape index (κ3) is 5.38. The topological polar surface area (TPSA) is 97.1 Å². The number of thioether (sulfide) groups is 1. The van der Waals surface area contributed by atoms with Crippen LogP contribution in [0.3, 0.4) is 0 Å². The summed E-state index contributed by atoms with van der Waals surface area (Å²) in [5, 5.41) is 9.09. The van der Waals surface area contributed by atoms with Crippen LogP contribution in [0.25, 0.3) is 0 Å². The van der Waals surface area contributed by atoms with Crippen LogP contribution in [0.1, 0.15) is 35.9 Å². The minimum Gasteiger partial charge on any atom is -0.352 e. The highest BCUT2D eigenvalue weighted by Gasteiger charge is 2.14. The van der Waals surface area contributed by atoms with Gasteiger partial charge in [0.15, 0.2) is 5.82 Å². The van der Waals surface area contributed by atoms with Crippen LogP contribution in [0.4, 0.5) is 0 Å². The van der Waals surface area contributed by atoms with Crippen LogP contribution < -0.4 is 10.6 Å². The molecule has 0 aliphatic rings. The maximum absolute atomic E-state index is 12.3. The molecule has 0 saturated heterocycles. The van der Waals surface area contributed by atoms with Crippen molar-refractivity contribution in [3.63, 3.8) is 0 Å². The first-order valence-corrected chi connectivity index (χ1v) is 8.53. The van der Waals surface area contributed by atoms with Crippen molar-refractivity contribution in [2.75, 3.05) is 6.54 Å². The van der Waals surface area contributed by atoms with Crippen molar-refractivity contribution in [1.29, 1.82) is 0 Å². The van der Waals surface area contributed by atoms with Gasteiger partial charge in [-0.3, -0.25) is 9.59 Å². The number of aryl methyl sites for hydroxylation is 1. The van der Waals surface area contributed by atoms with Crippen LogP contribution in [0.5, 0.6) is 0 Å². The monoisotopic (exact) mass is 348 g/mol. The van der Waals surface area contributed by atoms with E-state index in [0.29, 0.717) is 23.0 Å². The number of hydrogen-bond acceptors (Lipinski definition) is 6. The summed E-state index contributed by atoms with van der Waals surface area (Å²) in [5.41, 5.74) is 0.510. The van der Waals surface area contributed by atoms with Gasteiger partial charge in [0.05, 0.1) is 17.9 Å². The number of nitrogens with zero attached hydrogens (tertiary/aromatic N) is 2. The molecule has 1 aromatic carbocycles. The van der Waals surface area contributed by atoms with Gasteiger partial charge in [-0.2, -0.15) is 4.98 Å². The second kappa shape index (κ2) is 8.49. The van der Waals surface area contributed by atoms with Crippen molar-refractivity contribution < 1.29 is 14.1 Å². The van der Waals surface area contributed by atoms with Gasteiger partial charge in [0.1, 0.15) is 0 Å². The highest BCUT2D eigenvalue weighted by atomic mass is 32.2. The molecule has 2 N–H and O–H groups in total. The van der Waals surface area contributed by atoms with Crippen molar-refractivity contribution >= 4 is 23.6 Å². The molecule has 0 bridgehead atoms. The van der Waals surface area contributed by atoms with Crippen molar-refractivity contribution in [2.24, 2.45) is 0 Å². The molecule has 1 heterocycles. The summed E-state index contributed by atoms with van der Waals surface area (Å²) in [6.45, 7) is 5.43. The number of hydrogen-bond donors (Lipinski definition) is 2. The fourth-order valence-electron chi connectivity index (χ4n) is 1.95. The summed E-state index contributed by atoms with van der Waals surface area (Å²) in [4.78, 5) is 28.9. The second-order valence-electron chi connectivity index (χ2n) is 5.43. The smallest absolute Gasteiger partial charge is 0.252 e. The molecule has 8 heteroatoms. The number of aromatic nitrogens is 2. The summed E-state index contributed by atoms with van der Waals surface area (Å²) < 4.78 is 5.07. The predicted octanol–water partition coefficient (Wildman–Crippen LogP) is 1.92. The maximum atomic E-state index is 12.3. The number of amides is 2. The van der Waals surface area contributed by atoms with Crippen molar-refractivity contribution in [1.82, 2.24) is 20.8 Å². The predicted molar refractivity (Wildman–Crippen MR) is 90.6 cm³/mol. The van der Waals surface area contributed by atoms with Gasteiger partial charge >= 0.3 is 0 Å². The number of carbonyl (C=O) groups is 2. The van der Waals surface area contributed by atoms with Gasteiger partial charge in [0.25, 0.3) is 5.91 Å². The van der Waals surface area contributed by atoms with Crippen molar-refractivity contribution in [3.05, 3.63) is 41.5 Å². The standard InChI is InChI=1S/C16H20N4O3S/c1-10(2)18-14(21)8-17-16(22)12-6-4-5-7-13(12)24-9-15-19-11(3)20-23-15/h4-7,10H,8-9H2,1-3H3,(H,17,22)(H,18,21). The Kier molecular flexibility index (Phi) is 6.36. The van der Waals surface area contributed by atoms with E-state index in [1.54, 1.807) is 19.1 Å². The average Bonchev–Trinajstić information content (AvgIpc) is 2.96. The molecule has 2 aromatic rings. The van der Waals surface area contributed by atoms with Gasteiger partial charge in [-0.15, -0.1) is 11.8 Å². The third-order valence-corrected chi connectivity index (χ3v) is 3.97. The minimum absolute atomic E-state index is 0.0371. The quantitative estimate of drug-likeness (QED) is 0.742. The fraction of sp³-hybridized carbons (Fsp3) is 0.375. The Morgan fingerprint density at radius 2 is 2.04 bits per heavy atom. The lowest BCUT2D eigenvalue weighted by Crippen LogP contribution is -2.39. The average molecular weight is 348 g/mol. The van der Waals surface area contributed by atoms with E-state index in [-0.39, 0.29) is 24.4 Å². The summed E-state index contributed by atoms with van der Waals surface area (Å²) in [7, 11) is 0. The largest absolute Gasteiger partial charge is 0.352 e. The van der Waals surface area contributed by atoms with E-state index in [2.05, 4.69) is 20.8 Å². The highest BCUT2D eigenvalue weighted by Crippen LogP contribution is 2.25. The van der Waals surface area contributed by atoms with E-state index in [1.165, 1.54) is 11.8 Å². The Morgan fingerprint density at radius 3 is 2.71 bits per heavy atom. The molecule has 2 amide bonds. The molecular formula is C16H20N4O3S. The molecule has 0 saturated carbocycles. The zero-order chi connectivity index (χ0) is 17.5. The first kappa shape index (κ1) is 18.0. The van der Waals surface area contributed by atoms with Crippen LogP contribution in [0.2, 0.25) is 0 Å².